The molecule has 102 valence electrons. The van der Waals surface area contributed by atoms with E-state index < -0.39 is 0 Å². The van der Waals surface area contributed by atoms with Crippen LogP contribution in [0.4, 0.5) is 0 Å². The fourth-order valence-corrected chi connectivity index (χ4v) is 1.74. The lowest BCUT2D eigenvalue weighted by atomic mass is 10.2. The molecule has 1 aromatic heterocycles. The Labute approximate surface area is 111 Å². The van der Waals surface area contributed by atoms with Crippen molar-refractivity contribution in [2.24, 2.45) is 0 Å². The van der Waals surface area contributed by atoms with E-state index in [1.165, 1.54) is 25.7 Å². The molecule has 0 aliphatic heterocycles. The highest BCUT2D eigenvalue weighted by atomic mass is 16.5. The maximum Gasteiger partial charge on any atom is 0.137 e. The lowest BCUT2D eigenvalue weighted by Crippen LogP contribution is -2.15. The summed E-state index contributed by atoms with van der Waals surface area (Å²) in [6.45, 7) is 7.27. The van der Waals surface area contributed by atoms with Gasteiger partial charge in [0.25, 0.3) is 0 Å². The number of unbranched alkanes of at least 4 members (excludes halogenated alkanes) is 3. The molecule has 0 saturated carbocycles. The zero-order chi connectivity index (χ0) is 13.1. The molecule has 0 saturated heterocycles. The van der Waals surface area contributed by atoms with Crippen LogP contribution in [-0.2, 0) is 0 Å². The van der Waals surface area contributed by atoms with Crippen LogP contribution in [0.2, 0.25) is 0 Å². The Bertz CT molecular complexity index is 298. The van der Waals surface area contributed by atoms with E-state index in [1.807, 2.05) is 19.1 Å². The van der Waals surface area contributed by atoms with Crippen molar-refractivity contribution in [3.8, 4) is 5.75 Å². The van der Waals surface area contributed by atoms with Crippen LogP contribution in [0, 0.1) is 6.92 Å². The van der Waals surface area contributed by atoms with Crippen molar-refractivity contribution >= 4 is 0 Å². The standard InChI is InChI=1S/C15H26N2O/c1-3-10-16-11-6-4-5-7-12-18-15-9-8-14(2)17-13-15/h8-9,13,16H,3-7,10-12H2,1-2H3. The first-order chi connectivity index (χ1) is 8.83. The molecule has 0 aromatic carbocycles. The average molecular weight is 250 g/mol. The Morgan fingerprint density at radius 3 is 2.67 bits per heavy atom. The van der Waals surface area contributed by atoms with Gasteiger partial charge in [-0.2, -0.15) is 0 Å². The third-order valence-electron chi connectivity index (χ3n) is 2.83. The number of aromatic nitrogens is 1. The molecule has 0 bridgehead atoms. The van der Waals surface area contributed by atoms with Gasteiger partial charge in [-0.1, -0.05) is 19.8 Å². The highest BCUT2D eigenvalue weighted by molar-refractivity contribution is 5.18. The molecule has 1 rings (SSSR count). The minimum atomic E-state index is 0.799. The minimum Gasteiger partial charge on any atom is -0.492 e. The largest absolute Gasteiger partial charge is 0.492 e. The van der Waals surface area contributed by atoms with Crippen molar-refractivity contribution in [3.63, 3.8) is 0 Å². The van der Waals surface area contributed by atoms with Gasteiger partial charge in [0.05, 0.1) is 12.8 Å². The summed E-state index contributed by atoms with van der Waals surface area (Å²) in [6, 6.07) is 3.96. The van der Waals surface area contributed by atoms with Crippen LogP contribution in [0.15, 0.2) is 18.3 Å². The Balaban J connectivity index is 1.91. The number of hydrogen-bond donors (Lipinski definition) is 1. The smallest absolute Gasteiger partial charge is 0.137 e. The normalized spacial score (nSPS) is 10.6. The lowest BCUT2D eigenvalue weighted by molar-refractivity contribution is 0.303. The zero-order valence-electron chi connectivity index (χ0n) is 11.7. The van der Waals surface area contributed by atoms with Gasteiger partial charge in [0, 0.05) is 5.69 Å². The second kappa shape index (κ2) is 9.89. The average Bonchev–Trinajstić information content (AvgIpc) is 2.39. The molecule has 0 aliphatic rings. The predicted octanol–water partition coefficient (Wildman–Crippen LogP) is 3.33. The monoisotopic (exact) mass is 250 g/mol. The number of ether oxygens (including phenoxy) is 1. The summed E-state index contributed by atoms with van der Waals surface area (Å²) in [6.07, 6.45) is 7.94. The van der Waals surface area contributed by atoms with Crippen LogP contribution in [0.25, 0.3) is 0 Å². The van der Waals surface area contributed by atoms with Crippen molar-refractivity contribution in [1.82, 2.24) is 10.3 Å². The zero-order valence-corrected chi connectivity index (χ0v) is 11.7. The number of pyridine rings is 1. The third-order valence-corrected chi connectivity index (χ3v) is 2.83. The molecule has 0 spiro atoms. The molecule has 1 heterocycles. The number of hydrogen-bond acceptors (Lipinski definition) is 3. The Hall–Kier alpha value is -1.09. The maximum atomic E-state index is 5.63. The van der Waals surface area contributed by atoms with E-state index >= 15 is 0 Å². The molecular weight excluding hydrogens is 224 g/mol. The van der Waals surface area contributed by atoms with Crippen LogP contribution in [0.3, 0.4) is 0 Å². The van der Waals surface area contributed by atoms with Crippen molar-refractivity contribution in [3.05, 3.63) is 24.0 Å². The summed E-state index contributed by atoms with van der Waals surface area (Å²) >= 11 is 0. The second-order valence-corrected chi connectivity index (χ2v) is 4.65. The van der Waals surface area contributed by atoms with Crippen LogP contribution < -0.4 is 10.1 Å². The first-order valence-corrected chi connectivity index (χ1v) is 7.09. The van der Waals surface area contributed by atoms with E-state index in [4.69, 9.17) is 4.74 Å². The van der Waals surface area contributed by atoms with Crippen molar-refractivity contribution in [2.75, 3.05) is 19.7 Å². The van der Waals surface area contributed by atoms with Crippen LogP contribution in [0.5, 0.6) is 5.75 Å². The van der Waals surface area contributed by atoms with Crippen LogP contribution in [-0.4, -0.2) is 24.7 Å². The summed E-state index contributed by atoms with van der Waals surface area (Å²) in [4.78, 5) is 4.20. The van der Waals surface area contributed by atoms with Gasteiger partial charge >= 0.3 is 0 Å². The lowest BCUT2D eigenvalue weighted by Gasteiger charge is -2.06. The molecule has 0 fully saturated rings. The first-order valence-electron chi connectivity index (χ1n) is 7.09. The van der Waals surface area contributed by atoms with Crippen LogP contribution in [0.1, 0.15) is 44.7 Å². The molecule has 3 heteroatoms. The van der Waals surface area contributed by atoms with Gasteiger partial charge in [0.2, 0.25) is 0 Å². The van der Waals surface area contributed by atoms with Gasteiger partial charge in [-0.05, 0) is 51.4 Å². The van der Waals surface area contributed by atoms with E-state index in [0.717, 1.165) is 37.6 Å². The molecule has 1 N–H and O–H groups in total. The summed E-state index contributed by atoms with van der Waals surface area (Å²) in [5, 5.41) is 3.42. The predicted molar refractivity (Wildman–Crippen MR) is 76.1 cm³/mol. The quantitative estimate of drug-likeness (QED) is 0.647. The van der Waals surface area contributed by atoms with Gasteiger partial charge in [-0.25, -0.2) is 0 Å². The Morgan fingerprint density at radius 1 is 1.11 bits per heavy atom. The van der Waals surface area contributed by atoms with Gasteiger partial charge < -0.3 is 10.1 Å². The molecule has 0 aliphatic carbocycles. The van der Waals surface area contributed by atoms with Crippen molar-refractivity contribution < 1.29 is 4.74 Å². The second-order valence-electron chi connectivity index (χ2n) is 4.65. The molecule has 0 unspecified atom stereocenters. The number of nitrogens with one attached hydrogen (secondary N) is 1. The maximum absolute atomic E-state index is 5.63. The molecule has 3 nitrogen and oxygen atoms in total. The highest BCUT2D eigenvalue weighted by Gasteiger charge is 1.94. The van der Waals surface area contributed by atoms with Gasteiger partial charge in [-0.3, -0.25) is 4.98 Å². The first kappa shape index (κ1) is 15.0. The van der Waals surface area contributed by atoms with Crippen molar-refractivity contribution in [1.29, 1.82) is 0 Å². The van der Waals surface area contributed by atoms with Gasteiger partial charge in [0.15, 0.2) is 0 Å². The fraction of sp³-hybridized carbons (Fsp3) is 0.667. The molecular formula is C15H26N2O. The Kier molecular flexibility index (Phi) is 8.23. The third kappa shape index (κ3) is 7.28. The molecule has 0 amide bonds. The summed E-state index contributed by atoms with van der Waals surface area (Å²) in [5.41, 5.74) is 1.03. The van der Waals surface area contributed by atoms with Crippen molar-refractivity contribution in [2.45, 2.75) is 46.0 Å². The van der Waals surface area contributed by atoms with E-state index in [1.54, 1.807) is 6.20 Å². The minimum absolute atomic E-state index is 0.799. The Morgan fingerprint density at radius 2 is 1.94 bits per heavy atom. The number of aryl methyl sites for hydroxylation is 1. The van der Waals surface area contributed by atoms with E-state index in [0.29, 0.717) is 0 Å². The van der Waals surface area contributed by atoms with E-state index in [2.05, 4.69) is 17.2 Å². The number of nitrogens with zero attached hydrogens (tertiary/aromatic N) is 1. The van der Waals surface area contributed by atoms with E-state index in [9.17, 15) is 0 Å². The summed E-state index contributed by atoms with van der Waals surface area (Å²) < 4.78 is 5.63. The number of rotatable bonds is 10. The van der Waals surface area contributed by atoms with Gasteiger partial charge in [0.1, 0.15) is 5.75 Å². The molecule has 0 radical (unpaired) electrons. The van der Waals surface area contributed by atoms with Crippen LogP contribution >= 0.6 is 0 Å². The molecule has 0 atom stereocenters. The molecule has 1 aromatic rings. The highest BCUT2D eigenvalue weighted by Crippen LogP contribution is 2.09. The summed E-state index contributed by atoms with van der Waals surface area (Å²) in [7, 11) is 0. The SMILES string of the molecule is CCCNCCCCCCOc1ccc(C)nc1. The fourth-order valence-electron chi connectivity index (χ4n) is 1.74. The molecule has 18 heavy (non-hydrogen) atoms. The van der Waals surface area contributed by atoms with E-state index in [-0.39, 0.29) is 0 Å². The topological polar surface area (TPSA) is 34.1 Å². The van der Waals surface area contributed by atoms with Gasteiger partial charge in [-0.15, -0.1) is 0 Å². The summed E-state index contributed by atoms with van der Waals surface area (Å²) in [5.74, 6) is 0.880.